The van der Waals surface area contributed by atoms with Crippen molar-refractivity contribution < 1.29 is 13.6 Å². The molecule has 0 spiro atoms. The van der Waals surface area contributed by atoms with Crippen molar-refractivity contribution in [3.05, 3.63) is 130 Å². The predicted molar refractivity (Wildman–Crippen MR) is 146 cm³/mol. The first kappa shape index (κ1) is 24.9. The van der Waals surface area contributed by atoms with Crippen molar-refractivity contribution in [1.82, 2.24) is 19.2 Å². The summed E-state index contributed by atoms with van der Waals surface area (Å²) in [6.07, 6.45) is 2.58. The highest BCUT2D eigenvalue weighted by molar-refractivity contribution is 6.31. The fraction of sp³-hybridized carbons (Fsp3) is 0.133. The molecule has 0 bridgehead atoms. The molecule has 0 saturated heterocycles. The maximum Gasteiger partial charge on any atom is 0.322 e. The summed E-state index contributed by atoms with van der Waals surface area (Å²) in [7, 11) is 0. The Balaban J connectivity index is 1.55. The van der Waals surface area contributed by atoms with E-state index in [-0.39, 0.29) is 11.6 Å². The quantitative estimate of drug-likeness (QED) is 0.259. The summed E-state index contributed by atoms with van der Waals surface area (Å²) < 4.78 is 32.2. The fourth-order valence-corrected chi connectivity index (χ4v) is 5.33. The van der Waals surface area contributed by atoms with Gasteiger partial charge in [0.05, 0.1) is 34.7 Å². The largest absolute Gasteiger partial charge is 0.322 e. The van der Waals surface area contributed by atoms with E-state index in [4.69, 9.17) is 16.7 Å². The Bertz CT molecular complexity index is 1680. The summed E-state index contributed by atoms with van der Waals surface area (Å²) in [6, 6.07) is 22.8. The van der Waals surface area contributed by atoms with Gasteiger partial charge < -0.3 is 14.8 Å². The van der Waals surface area contributed by atoms with Gasteiger partial charge in [-0.2, -0.15) is 5.10 Å². The molecule has 0 radical (unpaired) electrons. The van der Waals surface area contributed by atoms with Crippen LogP contribution in [0.15, 0.2) is 91.1 Å². The van der Waals surface area contributed by atoms with E-state index in [9.17, 15) is 13.6 Å². The molecule has 1 atom stereocenters. The topological polar surface area (TPSA) is 55.1 Å². The molecule has 2 amide bonds. The average Bonchev–Trinajstić information content (AvgIpc) is 3.52. The van der Waals surface area contributed by atoms with E-state index in [2.05, 4.69) is 5.32 Å². The third kappa shape index (κ3) is 4.46. The molecule has 0 aliphatic carbocycles. The van der Waals surface area contributed by atoms with Crippen LogP contribution >= 0.6 is 11.6 Å². The molecule has 2 aromatic heterocycles. The van der Waals surface area contributed by atoms with E-state index in [1.165, 1.54) is 30.3 Å². The number of carbonyl (C=O) groups excluding carboxylic acids is 1. The number of fused-ring (bicyclic) bond motifs is 3. The number of rotatable bonds is 4. The molecule has 39 heavy (non-hydrogen) atoms. The first-order chi connectivity index (χ1) is 18.9. The minimum absolute atomic E-state index is 0.0982. The van der Waals surface area contributed by atoms with Crippen molar-refractivity contribution in [2.45, 2.75) is 25.9 Å². The van der Waals surface area contributed by atoms with Gasteiger partial charge in [0, 0.05) is 17.4 Å². The van der Waals surface area contributed by atoms with Crippen LogP contribution in [0.25, 0.3) is 11.5 Å². The van der Waals surface area contributed by atoms with Gasteiger partial charge in [-0.05, 0) is 66.6 Å². The van der Waals surface area contributed by atoms with Crippen LogP contribution in [0, 0.1) is 11.6 Å². The molecule has 1 aliphatic rings. The van der Waals surface area contributed by atoms with Crippen LogP contribution in [0.4, 0.5) is 19.3 Å². The molecule has 6 nitrogen and oxygen atoms in total. The summed E-state index contributed by atoms with van der Waals surface area (Å²) in [5.41, 5.74) is 4.34. The van der Waals surface area contributed by atoms with E-state index in [1.807, 2.05) is 64.8 Å². The molecule has 1 aliphatic heterocycles. The first-order valence-electron chi connectivity index (χ1n) is 12.6. The van der Waals surface area contributed by atoms with Crippen LogP contribution in [0.2, 0.25) is 5.02 Å². The number of hydrogen-bond acceptors (Lipinski definition) is 2. The molecule has 6 rings (SSSR count). The van der Waals surface area contributed by atoms with E-state index in [0.29, 0.717) is 17.7 Å². The molecule has 3 heterocycles. The summed E-state index contributed by atoms with van der Waals surface area (Å²) in [5, 5.41) is 7.69. The number of nitrogens with one attached hydrogen (secondary N) is 1. The number of para-hydroxylation sites is 1. The Morgan fingerprint density at radius 3 is 2.59 bits per heavy atom. The van der Waals surface area contributed by atoms with Crippen LogP contribution in [0.1, 0.15) is 35.5 Å². The highest BCUT2D eigenvalue weighted by Crippen LogP contribution is 2.39. The molecule has 9 heteroatoms. The van der Waals surface area contributed by atoms with Crippen molar-refractivity contribution in [1.29, 1.82) is 0 Å². The Hall–Kier alpha value is -4.43. The number of anilines is 1. The lowest BCUT2D eigenvalue weighted by molar-refractivity contribution is 0.194. The molecule has 0 saturated carbocycles. The summed E-state index contributed by atoms with van der Waals surface area (Å²) in [4.78, 5) is 15.6. The minimum Gasteiger partial charge on any atom is -0.308 e. The van der Waals surface area contributed by atoms with Gasteiger partial charge in [-0.15, -0.1) is 0 Å². The fourth-order valence-electron chi connectivity index (χ4n) is 5.14. The lowest BCUT2D eigenvalue weighted by Crippen LogP contribution is -2.38. The third-order valence-electron chi connectivity index (χ3n) is 6.90. The zero-order valence-corrected chi connectivity index (χ0v) is 21.7. The van der Waals surface area contributed by atoms with E-state index < -0.39 is 23.7 Å². The monoisotopic (exact) mass is 543 g/mol. The first-order valence-corrected chi connectivity index (χ1v) is 12.9. The maximum atomic E-state index is 14.5. The number of benzene rings is 3. The second-order valence-corrected chi connectivity index (χ2v) is 9.70. The van der Waals surface area contributed by atoms with E-state index >= 15 is 0 Å². The summed E-state index contributed by atoms with van der Waals surface area (Å²) in [5.74, 6) is -0.159. The molecular formula is C30H24ClF2N5O. The Labute approximate surface area is 229 Å². The van der Waals surface area contributed by atoms with Gasteiger partial charge in [-0.3, -0.25) is 0 Å². The number of nitrogens with zero attached hydrogens (tertiary/aromatic N) is 4. The SMILES string of the molecule is CCc1nn(-c2ccccc2)c2c1CN(C(=O)Nc1ccc(F)c(Cl)c1)[C@H](c1cccc(F)c1)c1cccn1-2. The van der Waals surface area contributed by atoms with E-state index in [1.54, 1.807) is 17.0 Å². The second kappa shape index (κ2) is 10.0. The highest BCUT2D eigenvalue weighted by atomic mass is 35.5. The zero-order chi connectivity index (χ0) is 27.1. The van der Waals surface area contributed by atoms with Crippen LogP contribution in [0.5, 0.6) is 0 Å². The molecule has 0 unspecified atom stereocenters. The smallest absolute Gasteiger partial charge is 0.308 e. The zero-order valence-electron chi connectivity index (χ0n) is 21.0. The Kier molecular flexibility index (Phi) is 6.40. The van der Waals surface area contributed by atoms with Gasteiger partial charge in [-0.25, -0.2) is 18.3 Å². The molecule has 5 aromatic rings. The molecular weight excluding hydrogens is 520 g/mol. The Morgan fingerprint density at radius 1 is 1.03 bits per heavy atom. The molecule has 3 aromatic carbocycles. The van der Waals surface area contributed by atoms with Crippen LogP contribution in [-0.4, -0.2) is 25.3 Å². The lowest BCUT2D eigenvalue weighted by atomic mass is 10.0. The van der Waals surface area contributed by atoms with Crippen molar-refractivity contribution in [2.24, 2.45) is 0 Å². The van der Waals surface area contributed by atoms with Crippen molar-refractivity contribution >= 4 is 23.3 Å². The second-order valence-electron chi connectivity index (χ2n) is 9.30. The number of aromatic nitrogens is 3. The number of halogens is 3. The van der Waals surface area contributed by atoms with Crippen molar-refractivity contribution in [3.63, 3.8) is 0 Å². The van der Waals surface area contributed by atoms with Crippen molar-refractivity contribution in [2.75, 3.05) is 5.32 Å². The number of urea groups is 1. The van der Waals surface area contributed by atoms with Gasteiger partial charge in [0.25, 0.3) is 0 Å². The lowest BCUT2D eigenvalue weighted by Gasteiger charge is -2.31. The molecule has 196 valence electrons. The standard InChI is InChI=1S/C30H24ClF2N5O/c1-2-26-23-18-37(30(39)34-21-13-14-25(33)24(31)17-21)28(19-8-6-9-20(32)16-19)27-12-7-15-36(27)29(23)38(35-26)22-10-4-3-5-11-22/h3-17,28H,2,18H2,1H3,(H,34,39)/t28-/m1/s1. The summed E-state index contributed by atoms with van der Waals surface area (Å²) >= 11 is 5.97. The average molecular weight is 544 g/mol. The normalized spacial score (nSPS) is 14.5. The number of hydrogen-bond donors (Lipinski definition) is 1. The number of aryl methyl sites for hydroxylation is 1. The summed E-state index contributed by atoms with van der Waals surface area (Å²) in [6.45, 7) is 2.23. The van der Waals surface area contributed by atoms with E-state index in [0.717, 1.165) is 28.5 Å². The molecule has 0 fully saturated rings. The van der Waals surface area contributed by atoms with Crippen LogP contribution < -0.4 is 5.32 Å². The van der Waals surface area contributed by atoms with Gasteiger partial charge in [0.1, 0.15) is 17.5 Å². The van der Waals surface area contributed by atoms with Crippen molar-refractivity contribution in [3.8, 4) is 11.5 Å². The predicted octanol–water partition coefficient (Wildman–Crippen LogP) is 7.29. The van der Waals surface area contributed by atoms with Crippen LogP contribution in [0.3, 0.4) is 0 Å². The number of amides is 2. The number of carbonyl (C=O) groups is 1. The highest BCUT2D eigenvalue weighted by Gasteiger charge is 2.36. The molecule has 1 N–H and O–H groups in total. The van der Waals surface area contributed by atoms with Gasteiger partial charge in [0.2, 0.25) is 0 Å². The maximum absolute atomic E-state index is 14.5. The Morgan fingerprint density at radius 2 is 1.85 bits per heavy atom. The minimum atomic E-state index is -0.632. The van der Waals surface area contributed by atoms with Gasteiger partial charge in [-0.1, -0.05) is 48.9 Å². The van der Waals surface area contributed by atoms with Gasteiger partial charge >= 0.3 is 6.03 Å². The third-order valence-corrected chi connectivity index (χ3v) is 7.19. The van der Waals surface area contributed by atoms with Crippen LogP contribution in [-0.2, 0) is 13.0 Å². The van der Waals surface area contributed by atoms with Gasteiger partial charge in [0.15, 0.2) is 0 Å².